The van der Waals surface area contributed by atoms with Crippen LogP contribution in [0.4, 0.5) is 0 Å². The number of amides is 3. The predicted molar refractivity (Wildman–Crippen MR) is 137 cm³/mol. The van der Waals surface area contributed by atoms with Crippen LogP contribution in [0.15, 0.2) is 48.5 Å². The minimum absolute atomic E-state index is 0.00459. The smallest absolute Gasteiger partial charge is 0.253 e. The summed E-state index contributed by atoms with van der Waals surface area (Å²) in [5, 5.41) is 10.1. The molecule has 2 saturated heterocycles. The topological polar surface area (TPSA) is 81.2 Å². The Bertz CT molecular complexity index is 1120. The zero-order valence-corrected chi connectivity index (χ0v) is 21.1. The average molecular weight is 490 g/mol. The van der Waals surface area contributed by atoms with Gasteiger partial charge in [-0.3, -0.25) is 14.4 Å². The molecule has 0 bridgehead atoms. The van der Waals surface area contributed by atoms with Crippen LogP contribution < -0.4 is 0 Å². The van der Waals surface area contributed by atoms with Gasteiger partial charge in [0.2, 0.25) is 11.8 Å². The van der Waals surface area contributed by atoms with Crippen molar-refractivity contribution in [3.8, 4) is 11.1 Å². The van der Waals surface area contributed by atoms with Gasteiger partial charge < -0.3 is 19.8 Å². The lowest BCUT2D eigenvalue weighted by atomic mass is 9.73. The molecule has 0 spiro atoms. The van der Waals surface area contributed by atoms with Gasteiger partial charge in [0, 0.05) is 38.0 Å². The Labute approximate surface area is 212 Å². The van der Waals surface area contributed by atoms with Crippen molar-refractivity contribution in [1.82, 2.24) is 14.7 Å². The maximum atomic E-state index is 13.2. The third-order valence-corrected chi connectivity index (χ3v) is 8.19. The van der Waals surface area contributed by atoms with E-state index in [1.54, 1.807) is 28.8 Å². The fraction of sp³-hybridized carbons (Fsp3) is 0.483. The molecule has 2 heterocycles. The molecule has 0 unspecified atom stereocenters. The number of piperazine rings is 1. The summed E-state index contributed by atoms with van der Waals surface area (Å²) in [6.07, 6.45) is 5.21. The Kier molecular flexibility index (Phi) is 6.84. The van der Waals surface area contributed by atoms with Crippen LogP contribution in [-0.2, 0) is 9.59 Å². The van der Waals surface area contributed by atoms with Crippen molar-refractivity contribution in [2.75, 3.05) is 33.8 Å². The second kappa shape index (κ2) is 10.1. The van der Waals surface area contributed by atoms with Gasteiger partial charge in [0.25, 0.3) is 5.91 Å². The van der Waals surface area contributed by atoms with Crippen molar-refractivity contribution >= 4 is 17.7 Å². The highest BCUT2D eigenvalue weighted by Crippen LogP contribution is 2.43. The van der Waals surface area contributed by atoms with Gasteiger partial charge in [-0.05, 0) is 41.7 Å². The molecule has 1 N–H and O–H groups in total. The molecule has 2 aromatic carbocycles. The molecule has 2 aromatic rings. The van der Waals surface area contributed by atoms with E-state index >= 15 is 0 Å². The fourth-order valence-electron chi connectivity index (χ4n) is 6.24. The number of carbonyl (C=O) groups is 3. The number of hydrogen-bond donors (Lipinski definition) is 1. The second-order valence-electron chi connectivity index (χ2n) is 10.6. The van der Waals surface area contributed by atoms with Gasteiger partial charge in [-0.2, -0.15) is 0 Å². The lowest BCUT2D eigenvalue weighted by Crippen LogP contribution is -2.73. The monoisotopic (exact) mass is 489 g/mol. The fourth-order valence-corrected chi connectivity index (χ4v) is 6.24. The van der Waals surface area contributed by atoms with Crippen LogP contribution in [0, 0.1) is 5.92 Å². The summed E-state index contributed by atoms with van der Waals surface area (Å²) >= 11 is 0. The summed E-state index contributed by atoms with van der Waals surface area (Å²) in [6, 6.07) is 15.4. The molecule has 5 rings (SSSR count). The van der Waals surface area contributed by atoms with Crippen molar-refractivity contribution in [3.05, 3.63) is 59.7 Å². The second-order valence-corrected chi connectivity index (χ2v) is 10.6. The summed E-state index contributed by atoms with van der Waals surface area (Å²) in [7, 11) is 3.47. The normalized spacial score (nSPS) is 24.2. The van der Waals surface area contributed by atoms with Gasteiger partial charge in [-0.1, -0.05) is 55.7 Å². The first-order valence-electron chi connectivity index (χ1n) is 13.0. The van der Waals surface area contributed by atoms with E-state index in [0.717, 1.165) is 42.4 Å². The van der Waals surface area contributed by atoms with Crippen LogP contribution >= 0.6 is 0 Å². The Morgan fingerprint density at radius 1 is 0.944 bits per heavy atom. The van der Waals surface area contributed by atoms with Crippen molar-refractivity contribution in [2.24, 2.45) is 5.92 Å². The summed E-state index contributed by atoms with van der Waals surface area (Å²) in [4.78, 5) is 43.4. The summed E-state index contributed by atoms with van der Waals surface area (Å²) in [5.74, 6) is 0.0775. The van der Waals surface area contributed by atoms with E-state index in [1.807, 2.05) is 36.4 Å². The molecule has 1 saturated carbocycles. The van der Waals surface area contributed by atoms with Crippen LogP contribution in [-0.4, -0.2) is 83.4 Å². The van der Waals surface area contributed by atoms with Crippen molar-refractivity contribution in [1.29, 1.82) is 0 Å². The molecule has 3 aliphatic rings. The number of fused-ring (bicyclic) bond motifs is 1. The zero-order chi connectivity index (χ0) is 25.4. The number of aliphatic hydroxyl groups is 1. The van der Waals surface area contributed by atoms with E-state index in [1.165, 1.54) is 6.42 Å². The molecule has 7 nitrogen and oxygen atoms in total. The van der Waals surface area contributed by atoms with Gasteiger partial charge in [0.05, 0.1) is 25.2 Å². The Hall–Kier alpha value is -3.19. The molecule has 36 heavy (non-hydrogen) atoms. The molecule has 2 aliphatic heterocycles. The van der Waals surface area contributed by atoms with Crippen molar-refractivity contribution in [3.63, 3.8) is 0 Å². The van der Waals surface area contributed by atoms with Gasteiger partial charge >= 0.3 is 0 Å². The van der Waals surface area contributed by atoms with Crippen molar-refractivity contribution in [2.45, 2.75) is 50.1 Å². The highest BCUT2D eigenvalue weighted by Gasteiger charge is 2.54. The minimum Gasteiger partial charge on any atom is -0.394 e. The first-order valence-corrected chi connectivity index (χ1v) is 13.0. The van der Waals surface area contributed by atoms with E-state index in [0.29, 0.717) is 12.1 Å². The molecule has 3 atom stereocenters. The molecule has 190 valence electrons. The third-order valence-electron chi connectivity index (χ3n) is 8.19. The standard InChI is InChI=1S/C29H35N3O4/c1-30(2)28(35)23-14-10-20(11-15-23)19-8-12-21(13-9-19)27-24-16-31(17-26(34)32(24)25(27)18-33)29(36)22-6-4-3-5-7-22/h8-15,22,24-25,27,33H,3-7,16-18H2,1-2H3/t24-,25-,27+/m1/s1. The molecule has 3 amide bonds. The Morgan fingerprint density at radius 2 is 1.56 bits per heavy atom. The number of nitrogens with zero attached hydrogens (tertiary/aromatic N) is 3. The lowest BCUT2D eigenvalue weighted by molar-refractivity contribution is -0.168. The average Bonchev–Trinajstić information content (AvgIpc) is 2.90. The Balaban J connectivity index is 1.32. The molecule has 1 aliphatic carbocycles. The number of hydrogen-bond acceptors (Lipinski definition) is 4. The molecule has 7 heteroatoms. The van der Waals surface area contributed by atoms with Crippen LogP contribution in [0.3, 0.4) is 0 Å². The lowest BCUT2D eigenvalue weighted by Gasteiger charge is -2.59. The van der Waals surface area contributed by atoms with Crippen LogP contribution in [0.1, 0.15) is 53.9 Å². The highest BCUT2D eigenvalue weighted by atomic mass is 16.3. The molecular formula is C29H35N3O4. The molecule has 0 aromatic heterocycles. The highest BCUT2D eigenvalue weighted by molar-refractivity contribution is 5.94. The Morgan fingerprint density at radius 3 is 2.14 bits per heavy atom. The molecular weight excluding hydrogens is 454 g/mol. The van der Waals surface area contributed by atoms with Crippen LogP contribution in [0.2, 0.25) is 0 Å². The first-order chi connectivity index (χ1) is 17.4. The van der Waals surface area contributed by atoms with Gasteiger partial charge in [0.15, 0.2) is 0 Å². The molecule has 0 radical (unpaired) electrons. The van der Waals surface area contributed by atoms with E-state index in [9.17, 15) is 19.5 Å². The maximum Gasteiger partial charge on any atom is 0.253 e. The predicted octanol–water partition coefficient (Wildman–Crippen LogP) is 3.13. The number of benzene rings is 2. The minimum atomic E-state index is -0.253. The first kappa shape index (κ1) is 24.5. The van der Waals surface area contributed by atoms with Gasteiger partial charge in [-0.25, -0.2) is 0 Å². The van der Waals surface area contributed by atoms with E-state index in [4.69, 9.17) is 0 Å². The third kappa shape index (κ3) is 4.41. The quantitative estimate of drug-likeness (QED) is 0.700. The van der Waals surface area contributed by atoms with Crippen molar-refractivity contribution < 1.29 is 19.5 Å². The zero-order valence-electron chi connectivity index (χ0n) is 21.1. The van der Waals surface area contributed by atoms with E-state index in [2.05, 4.69) is 12.1 Å². The molecule has 3 fully saturated rings. The number of rotatable bonds is 5. The number of carbonyl (C=O) groups excluding carboxylic acids is 3. The van der Waals surface area contributed by atoms with Gasteiger partial charge in [-0.15, -0.1) is 0 Å². The summed E-state index contributed by atoms with van der Waals surface area (Å²) in [5.41, 5.74) is 3.77. The van der Waals surface area contributed by atoms with E-state index in [-0.39, 0.29) is 54.8 Å². The van der Waals surface area contributed by atoms with Crippen LogP contribution in [0.5, 0.6) is 0 Å². The van der Waals surface area contributed by atoms with Gasteiger partial charge in [0.1, 0.15) is 0 Å². The summed E-state index contributed by atoms with van der Waals surface area (Å²) in [6.45, 7) is 0.568. The largest absolute Gasteiger partial charge is 0.394 e. The maximum absolute atomic E-state index is 13.2. The van der Waals surface area contributed by atoms with E-state index < -0.39 is 0 Å². The SMILES string of the molecule is CN(C)C(=O)c1ccc(-c2ccc([C@@H]3[C@@H](CO)N4C(=O)CN(C(=O)C5CCCCC5)C[C@H]34)cc2)cc1. The number of aliphatic hydroxyl groups excluding tert-OH is 1. The van der Waals surface area contributed by atoms with Crippen LogP contribution in [0.25, 0.3) is 11.1 Å². The summed E-state index contributed by atoms with van der Waals surface area (Å²) < 4.78 is 0.